The van der Waals surface area contributed by atoms with E-state index >= 15 is 0 Å². The molecule has 0 aliphatic carbocycles. The maximum Gasteiger partial charge on any atom is 0.147 e. The summed E-state index contributed by atoms with van der Waals surface area (Å²) in [7, 11) is 0. The Morgan fingerprint density at radius 3 is 2.71 bits per heavy atom. The average Bonchev–Trinajstić information content (AvgIpc) is 2.36. The molecule has 0 spiro atoms. The zero-order valence-corrected chi connectivity index (χ0v) is 11.7. The van der Waals surface area contributed by atoms with Crippen LogP contribution in [-0.2, 0) is 0 Å². The molecule has 1 aromatic heterocycles. The summed E-state index contributed by atoms with van der Waals surface area (Å²) in [5.41, 5.74) is 0. The van der Waals surface area contributed by atoms with E-state index in [1.54, 1.807) is 12.4 Å². The number of aromatic nitrogens is 2. The Morgan fingerprint density at radius 1 is 1.29 bits per heavy atom. The molecule has 1 unspecified atom stereocenters. The number of anilines is 2. The molecular weight excluding hydrogens is 232 g/mol. The van der Waals surface area contributed by atoms with E-state index in [0.29, 0.717) is 6.04 Å². The first-order valence-electron chi connectivity index (χ1n) is 6.11. The Labute approximate surface area is 108 Å². The van der Waals surface area contributed by atoms with Crippen LogP contribution in [0.4, 0.5) is 11.6 Å². The SMILES string of the molecule is CCCNc1cncc(NC(CC)CSC)n1. The Hall–Kier alpha value is -0.970. The minimum absolute atomic E-state index is 0.459. The van der Waals surface area contributed by atoms with Crippen molar-refractivity contribution in [2.75, 3.05) is 29.2 Å². The molecule has 0 aliphatic rings. The van der Waals surface area contributed by atoms with Crippen LogP contribution in [0.5, 0.6) is 0 Å². The average molecular weight is 254 g/mol. The lowest BCUT2D eigenvalue weighted by molar-refractivity contribution is 0.768. The summed E-state index contributed by atoms with van der Waals surface area (Å²) in [4.78, 5) is 8.68. The van der Waals surface area contributed by atoms with Crippen LogP contribution in [0.2, 0.25) is 0 Å². The van der Waals surface area contributed by atoms with Crippen molar-refractivity contribution < 1.29 is 0 Å². The van der Waals surface area contributed by atoms with E-state index in [0.717, 1.165) is 36.8 Å². The van der Waals surface area contributed by atoms with Gasteiger partial charge in [-0.25, -0.2) is 4.98 Å². The van der Waals surface area contributed by atoms with Gasteiger partial charge in [0.05, 0.1) is 12.4 Å². The summed E-state index contributed by atoms with van der Waals surface area (Å²) in [6, 6.07) is 0.459. The number of hydrogen-bond donors (Lipinski definition) is 2. The predicted octanol–water partition coefficient (Wildman–Crippen LogP) is 2.85. The first-order chi connectivity index (χ1) is 8.30. The van der Waals surface area contributed by atoms with Gasteiger partial charge in [-0.1, -0.05) is 13.8 Å². The molecule has 96 valence electrons. The second-order valence-electron chi connectivity index (χ2n) is 3.92. The maximum atomic E-state index is 4.49. The Bertz CT molecular complexity index is 319. The predicted molar refractivity (Wildman–Crippen MR) is 76.9 cm³/mol. The molecule has 0 aliphatic heterocycles. The summed E-state index contributed by atoms with van der Waals surface area (Å²) in [6.07, 6.45) is 7.84. The van der Waals surface area contributed by atoms with Crippen LogP contribution in [0.25, 0.3) is 0 Å². The number of hydrogen-bond acceptors (Lipinski definition) is 5. The van der Waals surface area contributed by atoms with Crippen molar-refractivity contribution in [1.29, 1.82) is 0 Å². The summed E-state index contributed by atoms with van der Waals surface area (Å²) >= 11 is 1.85. The first kappa shape index (κ1) is 14.1. The van der Waals surface area contributed by atoms with Gasteiger partial charge < -0.3 is 10.6 Å². The molecule has 1 rings (SSSR count). The topological polar surface area (TPSA) is 49.8 Å². The Balaban J connectivity index is 2.57. The van der Waals surface area contributed by atoms with E-state index in [4.69, 9.17) is 0 Å². The second-order valence-corrected chi connectivity index (χ2v) is 4.83. The lowest BCUT2D eigenvalue weighted by Gasteiger charge is -2.16. The third-order valence-electron chi connectivity index (χ3n) is 2.40. The monoisotopic (exact) mass is 254 g/mol. The summed E-state index contributed by atoms with van der Waals surface area (Å²) in [6.45, 7) is 5.24. The quantitative estimate of drug-likeness (QED) is 0.747. The van der Waals surface area contributed by atoms with Crippen LogP contribution in [-0.4, -0.2) is 34.6 Å². The third-order valence-corrected chi connectivity index (χ3v) is 3.14. The van der Waals surface area contributed by atoms with E-state index in [-0.39, 0.29) is 0 Å². The molecule has 0 amide bonds. The van der Waals surface area contributed by atoms with Crippen molar-refractivity contribution >= 4 is 23.4 Å². The van der Waals surface area contributed by atoms with Gasteiger partial charge in [0.2, 0.25) is 0 Å². The standard InChI is InChI=1S/C12H22N4S/c1-4-6-14-11-7-13-8-12(16-11)15-10(5-2)9-17-3/h7-8,10H,4-6,9H2,1-3H3,(H2,14,15,16). The number of nitrogens with one attached hydrogen (secondary N) is 2. The minimum Gasteiger partial charge on any atom is -0.369 e. The second kappa shape index (κ2) is 8.17. The summed E-state index contributed by atoms with van der Waals surface area (Å²) in [5.74, 6) is 2.79. The highest BCUT2D eigenvalue weighted by Gasteiger charge is 2.06. The van der Waals surface area contributed by atoms with E-state index in [2.05, 4.69) is 40.7 Å². The molecule has 1 aromatic rings. The molecule has 0 saturated carbocycles. The van der Waals surface area contributed by atoms with E-state index < -0.39 is 0 Å². The van der Waals surface area contributed by atoms with Gasteiger partial charge in [-0.05, 0) is 19.1 Å². The van der Waals surface area contributed by atoms with Gasteiger partial charge in [0.15, 0.2) is 0 Å². The van der Waals surface area contributed by atoms with Gasteiger partial charge in [0.1, 0.15) is 11.6 Å². The molecule has 0 saturated heterocycles. The highest BCUT2D eigenvalue weighted by atomic mass is 32.2. The molecule has 1 heterocycles. The molecular formula is C12H22N4S. The third kappa shape index (κ3) is 5.26. The van der Waals surface area contributed by atoms with Gasteiger partial charge in [-0.2, -0.15) is 11.8 Å². The molecule has 5 heteroatoms. The van der Waals surface area contributed by atoms with Crippen molar-refractivity contribution in [2.24, 2.45) is 0 Å². The van der Waals surface area contributed by atoms with Crippen molar-refractivity contribution in [3.8, 4) is 0 Å². The highest BCUT2D eigenvalue weighted by molar-refractivity contribution is 7.98. The molecule has 17 heavy (non-hydrogen) atoms. The van der Waals surface area contributed by atoms with Gasteiger partial charge in [-0.3, -0.25) is 4.98 Å². The fraction of sp³-hybridized carbons (Fsp3) is 0.667. The van der Waals surface area contributed by atoms with Crippen molar-refractivity contribution in [2.45, 2.75) is 32.7 Å². The van der Waals surface area contributed by atoms with Crippen molar-refractivity contribution in [3.63, 3.8) is 0 Å². The van der Waals surface area contributed by atoms with Crippen LogP contribution in [0.3, 0.4) is 0 Å². The van der Waals surface area contributed by atoms with E-state index in [1.807, 2.05) is 11.8 Å². The lowest BCUT2D eigenvalue weighted by Crippen LogP contribution is -2.22. The van der Waals surface area contributed by atoms with Crippen LogP contribution in [0, 0.1) is 0 Å². The minimum atomic E-state index is 0.459. The molecule has 4 nitrogen and oxygen atoms in total. The molecule has 0 aromatic carbocycles. The molecule has 2 N–H and O–H groups in total. The van der Waals surface area contributed by atoms with Crippen LogP contribution in [0.15, 0.2) is 12.4 Å². The summed E-state index contributed by atoms with van der Waals surface area (Å²) < 4.78 is 0. The lowest BCUT2D eigenvalue weighted by atomic mass is 10.2. The van der Waals surface area contributed by atoms with Gasteiger partial charge in [0, 0.05) is 18.3 Å². The number of thioether (sulfide) groups is 1. The Morgan fingerprint density at radius 2 is 2.06 bits per heavy atom. The fourth-order valence-electron chi connectivity index (χ4n) is 1.45. The molecule has 0 radical (unpaired) electrons. The largest absolute Gasteiger partial charge is 0.369 e. The smallest absolute Gasteiger partial charge is 0.147 e. The van der Waals surface area contributed by atoms with Gasteiger partial charge in [0.25, 0.3) is 0 Å². The molecule has 1 atom stereocenters. The number of nitrogens with zero attached hydrogens (tertiary/aromatic N) is 2. The molecule has 0 fully saturated rings. The van der Waals surface area contributed by atoms with E-state index in [1.165, 1.54) is 0 Å². The van der Waals surface area contributed by atoms with E-state index in [9.17, 15) is 0 Å². The van der Waals surface area contributed by atoms with Crippen molar-refractivity contribution in [3.05, 3.63) is 12.4 Å². The van der Waals surface area contributed by atoms with Crippen LogP contribution in [0.1, 0.15) is 26.7 Å². The van der Waals surface area contributed by atoms with Crippen LogP contribution < -0.4 is 10.6 Å². The maximum absolute atomic E-state index is 4.49. The van der Waals surface area contributed by atoms with Gasteiger partial charge >= 0.3 is 0 Å². The van der Waals surface area contributed by atoms with Gasteiger partial charge in [-0.15, -0.1) is 0 Å². The zero-order valence-electron chi connectivity index (χ0n) is 10.9. The summed E-state index contributed by atoms with van der Waals surface area (Å²) in [5, 5.41) is 6.65. The highest BCUT2D eigenvalue weighted by Crippen LogP contribution is 2.11. The first-order valence-corrected chi connectivity index (χ1v) is 7.50. The van der Waals surface area contributed by atoms with Crippen LogP contribution >= 0.6 is 11.8 Å². The molecule has 0 bridgehead atoms. The zero-order chi connectivity index (χ0) is 12.5. The fourth-order valence-corrected chi connectivity index (χ4v) is 2.17. The number of rotatable bonds is 8. The Kier molecular flexibility index (Phi) is 6.77. The normalized spacial score (nSPS) is 12.2. The van der Waals surface area contributed by atoms with Crippen molar-refractivity contribution in [1.82, 2.24) is 9.97 Å².